The number of rotatable bonds is 7. The van der Waals surface area contributed by atoms with Crippen LogP contribution in [0.25, 0.3) is 0 Å². The molecule has 0 fully saturated rings. The maximum Gasteiger partial charge on any atom is 0.229 e. The van der Waals surface area contributed by atoms with Gasteiger partial charge in [0.2, 0.25) is 5.95 Å². The summed E-state index contributed by atoms with van der Waals surface area (Å²) in [4.78, 5) is 13.0. The van der Waals surface area contributed by atoms with Gasteiger partial charge in [-0.2, -0.15) is 4.98 Å². The zero-order chi connectivity index (χ0) is 17.5. The molecule has 0 aliphatic rings. The van der Waals surface area contributed by atoms with Crippen LogP contribution in [-0.4, -0.2) is 28.6 Å². The Labute approximate surface area is 147 Å². The second-order valence-corrected chi connectivity index (χ2v) is 5.61. The van der Waals surface area contributed by atoms with Crippen molar-refractivity contribution in [3.05, 3.63) is 66.1 Å². The van der Waals surface area contributed by atoms with Crippen molar-refractivity contribution < 1.29 is 4.74 Å². The predicted octanol–water partition coefficient (Wildman–Crippen LogP) is 3.59. The summed E-state index contributed by atoms with van der Waals surface area (Å²) >= 11 is 0. The SMILES string of the molecule is COc1ccc(CCNc2cc(C)nc(Nc3cccnc3)n2)cc1. The van der Waals surface area contributed by atoms with Crippen LogP contribution in [0, 0.1) is 6.92 Å². The summed E-state index contributed by atoms with van der Waals surface area (Å²) in [5.41, 5.74) is 3.00. The van der Waals surface area contributed by atoms with Gasteiger partial charge in [-0.05, 0) is 43.2 Å². The number of hydrogen-bond acceptors (Lipinski definition) is 6. The summed E-state index contributed by atoms with van der Waals surface area (Å²) in [5.74, 6) is 2.22. The normalized spacial score (nSPS) is 10.3. The third-order valence-corrected chi connectivity index (χ3v) is 3.65. The lowest BCUT2D eigenvalue weighted by Crippen LogP contribution is -2.08. The van der Waals surface area contributed by atoms with Crippen molar-refractivity contribution in [2.75, 3.05) is 24.3 Å². The second-order valence-electron chi connectivity index (χ2n) is 5.61. The van der Waals surface area contributed by atoms with Gasteiger partial charge in [0.05, 0.1) is 19.0 Å². The molecule has 0 saturated heterocycles. The molecule has 0 atom stereocenters. The highest BCUT2D eigenvalue weighted by Crippen LogP contribution is 2.15. The van der Waals surface area contributed by atoms with E-state index < -0.39 is 0 Å². The van der Waals surface area contributed by atoms with Gasteiger partial charge < -0.3 is 15.4 Å². The van der Waals surface area contributed by atoms with E-state index in [2.05, 4.69) is 37.7 Å². The molecule has 0 aliphatic carbocycles. The molecule has 0 unspecified atom stereocenters. The zero-order valence-electron chi connectivity index (χ0n) is 14.4. The number of aryl methyl sites for hydroxylation is 1. The monoisotopic (exact) mass is 335 g/mol. The maximum absolute atomic E-state index is 5.17. The van der Waals surface area contributed by atoms with E-state index in [-0.39, 0.29) is 0 Å². The lowest BCUT2D eigenvalue weighted by Gasteiger charge is -2.10. The number of anilines is 3. The molecule has 6 heteroatoms. The van der Waals surface area contributed by atoms with Crippen LogP contribution in [0.5, 0.6) is 5.75 Å². The standard InChI is InChI=1S/C19H21N5O/c1-14-12-18(21-11-9-15-5-7-17(25-2)8-6-15)24-19(22-14)23-16-4-3-10-20-13-16/h3-8,10,12-13H,9,11H2,1-2H3,(H2,21,22,23,24). The zero-order valence-corrected chi connectivity index (χ0v) is 14.4. The fourth-order valence-electron chi connectivity index (χ4n) is 2.41. The number of ether oxygens (including phenoxy) is 1. The Kier molecular flexibility index (Phi) is 5.41. The van der Waals surface area contributed by atoms with Crippen LogP contribution in [0.4, 0.5) is 17.5 Å². The van der Waals surface area contributed by atoms with Gasteiger partial charge in [0, 0.05) is 24.5 Å². The summed E-state index contributed by atoms with van der Waals surface area (Å²) in [6, 6.07) is 13.8. The second kappa shape index (κ2) is 8.10. The molecule has 0 amide bonds. The molecular formula is C19H21N5O. The molecule has 3 aromatic rings. The van der Waals surface area contributed by atoms with Crippen molar-refractivity contribution >= 4 is 17.5 Å². The van der Waals surface area contributed by atoms with Gasteiger partial charge in [-0.25, -0.2) is 4.98 Å². The number of nitrogens with one attached hydrogen (secondary N) is 2. The summed E-state index contributed by atoms with van der Waals surface area (Å²) < 4.78 is 5.17. The quantitative estimate of drug-likeness (QED) is 0.687. The van der Waals surface area contributed by atoms with Gasteiger partial charge in [0.25, 0.3) is 0 Å². The highest BCUT2D eigenvalue weighted by molar-refractivity contribution is 5.53. The highest BCUT2D eigenvalue weighted by Gasteiger charge is 2.03. The molecule has 25 heavy (non-hydrogen) atoms. The predicted molar refractivity (Wildman–Crippen MR) is 99.5 cm³/mol. The third kappa shape index (κ3) is 4.91. The van der Waals surface area contributed by atoms with Gasteiger partial charge >= 0.3 is 0 Å². The van der Waals surface area contributed by atoms with E-state index in [1.54, 1.807) is 19.5 Å². The highest BCUT2D eigenvalue weighted by atomic mass is 16.5. The molecule has 0 bridgehead atoms. The Hall–Kier alpha value is -3.15. The molecule has 0 aliphatic heterocycles. The molecular weight excluding hydrogens is 314 g/mol. The van der Waals surface area contributed by atoms with Crippen LogP contribution >= 0.6 is 0 Å². The van der Waals surface area contributed by atoms with Gasteiger partial charge in [-0.1, -0.05) is 12.1 Å². The van der Waals surface area contributed by atoms with Crippen LogP contribution in [0.1, 0.15) is 11.3 Å². The van der Waals surface area contributed by atoms with Gasteiger partial charge in [-0.3, -0.25) is 4.98 Å². The lowest BCUT2D eigenvalue weighted by atomic mass is 10.1. The van der Waals surface area contributed by atoms with Crippen molar-refractivity contribution in [3.63, 3.8) is 0 Å². The van der Waals surface area contributed by atoms with E-state index in [1.165, 1.54) is 5.56 Å². The first-order valence-corrected chi connectivity index (χ1v) is 8.12. The summed E-state index contributed by atoms with van der Waals surface area (Å²) in [6.07, 6.45) is 4.37. The Morgan fingerprint density at radius 2 is 1.92 bits per heavy atom. The van der Waals surface area contributed by atoms with E-state index in [1.807, 2.05) is 37.3 Å². The van der Waals surface area contributed by atoms with E-state index in [4.69, 9.17) is 4.74 Å². The summed E-state index contributed by atoms with van der Waals surface area (Å²) in [5, 5.41) is 6.52. The Balaban J connectivity index is 1.60. The minimum atomic E-state index is 0.556. The molecule has 0 radical (unpaired) electrons. The van der Waals surface area contributed by atoms with Gasteiger partial charge in [-0.15, -0.1) is 0 Å². The molecule has 2 aromatic heterocycles. The van der Waals surface area contributed by atoms with Crippen LogP contribution in [0.2, 0.25) is 0 Å². The number of benzene rings is 1. The number of hydrogen-bond donors (Lipinski definition) is 2. The van der Waals surface area contributed by atoms with Crippen molar-refractivity contribution in [1.82, 2.24) is 15.0 Å². The Morgan fingerprint density at radius 1 is 1.08 bits per heavy atom. The maximum atomic E-state index is 5.17. The van der Waals surface area contributed by atoms with Crippen LogP contribution < -0.4 is 15.4 Å². The molecule has 2 N–H and O–H groups in total. The summed E-state index contributed by atoms with van der Waals surface area (Å²) in [6.45, 7) is 2.74. The van der Waals surface area contributed by atoms with E-state index in [0.29, 0.717) is 5.95 Å². The average molecular weight is 335 g/mol. The molecule has 6 nitrogen and oxygen atoms in total. The third-order valence-electron chi connectivity index (χ3n) is 3.65. The molecule has 128 valence electrons. The molecule has 1 aromatic carbocycles. The number of nitrogens with zero attached hydrogens (tertiary/aromatic N) is 3. The van der Waals surface area contributed by atoms with Gasteiger partial charge in [0.15, 0.2) is 0 Å². The molecule has 0 spiro atoms. The minimum absolute atomic E-state index is 0.556. The van der Waals surface area contributed by atoms with E-state index >= 15 is 0 Å². The van der Waals surface area contributed by atoms with Crippen molar-refractivity contribution in [2.24, 2.45) is 0 Å². The molecule has 0 saturated carbocycles. The van der Waals surface area contributed by atoms with Crippen LogP contribution in [0.3, 0.4) is 0 Å². The molecule has 2 heterocycles. The topological polar surface area (TPSA) is 72.0 Å². The fraction of sp³-hybridized carbons (Fsp3) is 0.211. The van der Waals surface area contributed by atoms with Crippen LogP contribution in [0.15, 0.2) is 54.9 Å². The number of pyridine rings is 1. The van der Waals surface area contributed by atoms with Crippen LogP contribution in [-0.2, 0) is 6.42 Å². The number of methoxy groups -OCH3 is 1. The Bertz CT molecular complexity index is 806. The van der Waals surface area contributed by atoms with E-state index in [0.717, 1.165) is 35.9 Å². The number of aromatic nitrogens is 3. The minimum Gasteiger partial charge on any atom is -0.497 e. The fourth-order valence-corrected chi connectivity index (χ4v) is 2.41. The average Bonchev–Trinajstić information content (AvgIpc) is 2.63. The van der Waals surface area contributed by atoms with Gasteiger partial charge in [0.1, 0.15) is 11.6 Å². The first-order chi connectivity index (χ1) is 12.2. The first-order valence-electron chi connectivity index (χ1n) is 8.12. The van der Waals surface area contributed by atoms with E-state index in [9.17, 15) is 0 Å². The largest absolute Gasteiger partial charge is 0.497 e. The molecule has 3 rings (SSSR count). The van der Waals surface area contributed by atoms with Crippen molar-refractivity contribution in [3.8, 4) is 5.75 Å². The lowest BCUT2D eigenvalue weighted by molar-refractivity contribution is 0.414. The van der Waals surface area contributed by atoms with Crippen molar-refractivity contribution in [1.29, 1.82) is 0 Å². The van der Waals surface area contributed by atoms with Crippen molar-refractivity contribution in [2.45, 2.75) is 13.3 Å². The first kappa shape index (κ1) is 16.7. The smallest absolute Gasteiger partial charge is 0.229 e. The Morgan fingerprint density at radius 3 is 2.64 bits per heavy atom. The summed E-state index contributed by atoms with van der Waals surface area (Å²) in [7, 11) is 1.67.